The average molecular weight is 353 g/mol. The summed E-state index contributed by atoms with van der Waals surface area (Å²) in [5, 5.41) is 4.55. The molecule has 4 heterocycles. The molecule has 0 aliphatic carbocycles. The largest absolute Gasteiger partial charge is 0.481 e. The molecule has 1 aliphatic heterocycles. The lowest BCUT2D eigenvalue weighted by atomic mass is 10.3. The number of rotatable bonds is 4. The molecular weight excluding hydrogens is 334 g/mol. The normalized spacial score (nSPS) is 14.4. The van der Waals surface area contributed by atoms with E-state index in [1.165, 1.54) is 0 Å². The molecule has 0 saturated carbocycles. The van der Waals surface area contributed by atoms with Crippen molar-refractivity contribution >= 4 is 5.91 Å². The van der Waals surface area contributed by atoms with Gasteiger partial charge in [0, 0.05) is 37.6 Å². The molecule has 0 radical (unpaired) electrons. The number of aromatic nitrogens is 4. The summed E-state index contributed by atoms with van der Waals surface area (Å²) in [4.78, 5) is 18.8. The van der Waals surface area contributed by atoms with Crippen LogP contribution in [0.3, 0.4) is 0 Å². The van der Waals surface area contributed by atoms with Crippen LogP contribution in [0.25, 0.3) is 11.5 Å². The number of ether oxygens (including phenoxy) is 2. The van der Waals surface area contributed by atoms with Gasteiger partial charge in [0.1, 0.15) is 5.82 Å². The number of pyridine rings is 1. The van der Waals surface area contributed by atoms with E-state index in [0.29, 0.717) is 37.9 Å². The molecule has 1 fully saturated rings. The van der Waals surface area contributed by atoms with Gasteiger partial charge >= 0.3 is 0 Å². The summed E-state index contributed by atoms with van der Waals surface area (Å²) in [6.07, 6.45) is 5.49. The SMILES string of the molecule is COc1ccc(-n2nc(C(=O)N3CCOCC3)cc2-n2cccc2)cn1. The second-order valence-corrected chi connectivity index (χ2v) is 5.85. The number of methoxy groups -OCH3 is 1. The Labute approximate surface area is 150 Å². The van der Waals surface area contributed by atoms with Crippen molar-refractivity contribution < 1.29 is 14.3 Å². The molecule has 1 aliphatic rings. The molecular formula is C18H19N5O3. The molecule has 26 heavy (non-hydrogen) atoms. The third-order valence-electron chi connectivity index (χ3n) is 4.25. The van der Waals surface area contributed by atoms with E-state index in [-0.39, 0.29) is 5.91 Å². The van der Waals surface area contributed by atoms with Crippen LogP contribution in [-0.4, -0.2) is 63.6 Å². The van der Waals surface area contributed by atoms with Crippen molar-refractivity contribution in [3.05, 3.63) is 54.6 Å². The predicted octanol–water partition coefficient (Wildman–Crippen LogP) is 1.54. The minimum atomic E-state index is -0.0954. The standard InChI is InChI=1S/C18H19N5O3/c1-25-16-5-4-14(13-19-16)23-17(21-6-2-3-7-21)12-15(20-23)18(24)22-8-10-26-11-9-22/h2-7,12-13H,8-11H2,1H3. The molecule has 4 rings (SSSR count). The number of carbonyl (C=O) groups is 1. The lowest BCUT2D eigenvalue weighted by Crippen LogP contribution is -2.40. The fourth-order valence-corrected chi connectivity index (χ4v) is 2.88. The molecule has 0 N–H and O–H groups in total. The van der Waals surface area contributed by atoms with Crippen molar-refractivity contribution in [2.24, 2.45) is 0 Å². The number of nitrogens with zero attached hydrogens (tertiary/aromatic N) is 5. The summed E-state index contributed by atoms with van der Waals surface area (Å²) in [6.45, 7) is 2.27. The first kappa shape index (κ1) is 16.3. The highest BCUT2D eigenvalue weighted by molar-refractivity contribution is 5.93. The van der Waals surface area contributed by atoms with E-state index < -0.39 is 0 Å². The molecule has 8 nitrogen and oxygen atoms in total. The first-order chi connectivity index (χ1) is 12.8. The molecule has 1 saturated heterocycles. The van der Waals surface area contributed by atoms with Crippen molar-refractivity contribution in [3.8, 4) is 17.4 Å². The maximum absolute atomic E-state index is 12.8. The van der Waals surface area contributed by atoms with Gasteiger partial charge in [-0.25, -0.2) is 9.67 Å². The molecule has 3 aromatic rings. The minimum Gasteiger partial charge on any atom is -0.481 e. The Morgan fingerprint density at radius 3 is 2.62 bits per heavy atom. The zero-order valence-corrected chi connectivity index (χ0v) is 14.4. The predicted molar refractivity (Wildman–Crippen MR) is 94.0 cm³/mol. The zero-order chi connectivity index (χ0) is 17.9. The fourth-order valence-electron chi connectivity index (χ4n) is 2.88. The molecule has 3 aromatic heterocycles. The van der Waals surface area contributed by atoms with E-state index in [2.05, 4.69) is 10.1 Å². The molecule has 134 valence electrons. The fraction of sp³-hybridized carbons (Fsp3) is 0.278. The first-order valence-corrected chi connectivity index (χ1v) is 8.37. The number of amides is 1. The van der Waals surface area contributed by atoms with Gasteiger partial charge in [0.15, 0.2) is 5.69 Å². The summed E-state index contributed by atoms with van der Waals surface area (Å²) in [6, 6.07) is 9.26. The molecule has 0 unspecified atom stereocenters. The van der Waals surface area contributed by atoms with Crippen LogP contribution in [0.1, 0.15) is 10.5 Å². The smallest absolute Gasteiger partial charge is 0.274 e. The van der Waals surface area contributed by atoms with Crippen molar-refractivity contribution in [1.29, 1.82) is 0 Å². The van der Waals surface area contributed by atoms with Crippen molar-refractivity contribution in [2.75, 3.05) is 33.4 Å². The Morgan fingerprint density at radius 1 is 1.19 bits per heavy atom. The van der Waals surface area contributed by atoms with Crippen LogP contribution in [0.15, 0.2) is 48.9 Å². The number of carbonyl (C=O) groups excluding carboxylic acids is 1. The van der Waals surface area contributed by atoms with Gasteiger partial charge in [0.05, 0.1) is 32.2 Å². The molecule has 0 spiro atoms. The molecule has 0 aromatic carbocycles. The third kappa shape index (κ3) is 3.06. The van der Waals surface area contributed by atoms with Crippen LogP contribution >= 0.6 is 0 Å². The van der Waals surface area contributed by atoms with E-state index >= 15 is 0 Å². The number of hydrogen-bond donors (Lipinski definition) is 0. The molecule has 0 atom stereocenters. The summed E-state index contributed by atoms with van der Waals surface area (Å²) in [5.74, 6) is 1.19. The maximum atomic E-state index is 12.8. The van der Waals surface area contributed by atoms with Gasteiger partial charge in [-0.15, -0.1) is 0 Å². The average Bonchev–Trinajstić information content (AvgIpc) is 3.38. The Kier molecular flexibility index (Phi) is 4.40. The second kappa shape index (κ2) is 7.01. The number of morpholine rings is 1. The van der Waals surface area contributed by atoms with Crippen LogP contribution < -0.4 is 4.74 Å². The quantitative estimate of drug-likeness (QED) is 0.711. The zero-order valence-electron chi connectivity index (χ0n) is 14.4. The van der Waals surface area contributed by atoms with Gasteiger partial charge in [-0.05, 0) is 18.2 Å². The Balaban J connectivity index is 1.74. The van der Waals surface area contributed by atoms with Crippen LogP contribution in [-0.2, 0) is 4.74 Å². The van der Waals surface area contributed by atoms with E-state index in [1.807, 2.05) is 35.2 Å². The monoisotopic (exact) mass is 353 g/mol. The highest BCUT2D eigenvalue weighted by Crippen LogP contribution is 2.19. The van der Waals surface area contributed by atoms with Gasteiger partial charge in [0.25, 0.3) is 5.91 Å². The molecule has 8 heteroatoms. The van der Waals surface area contributed by atoms with Gasteiger partial charge < -0.3 is 18.9 Å². The van der Waals surface area contributed by atoms with Crippen LogP contribution in [0.4, 0.5) is 0 Å². The first-order valence-electron chi connectivity index (χ1n) is 8.37. The van der Waals surface area contributed by atoms with Crippen LogP contribution in [0.2, 0.25) is 0 Å². The van der Waals surface area contributed by atoms with Crippen LogP contribution in [0.5, 0.6) is 5.88 Å². The van der Waals surface area contributed by atoms with E-state index in [0.717, 1.165) is 11.5 Å². The Bertz CT molecular complexity index is 880. The van der Waals surface area contributed by atoms with Crippen molar-refractivity contribution in [2.45, 2.75) is 0 Å². The van der Waals surface area contributed by atoms with Crippen molar-refractivity contribution in [1.82, 2.24) is 24.2 Å². The lowest BCUT2D eigenvalue weighted by molar-refractivity contribution is 0.0298. The van der Waals surface area contributed by atoms with E-state index in [9.17, 15) is 4.79 Å². The number of hydrogen-bond acceptors (Lipinski definition) is 5. The third-order valence-corrected chi connectivity index (χ3v) is 4.25. The molecule has 1 amide bonds. The Hall–Kier alpha value is -3.13. The maximum Gasteiger partial charge on any atom is 0.274 e. The summed E-state index contributed by atoms with van der Waals surface area (Å²) in [7, 11) is 1.57. The van der Waals surface area contributed by atoms with Gasteiger partial charge in [-0.2, -0.15) is 5.10 Å². The van der Waals surface area contributed by atoms with Crippen LogP contribution in [0, 0.1) is 0 Å². The topological polar surface area (TPSA) is 74.4 Å². The Morgan fingerprint density at radius 2 is 1.96 bits per heavy atom. The van der Waals surface area contributed by atoms with Gasteiger partial charge in [-0.1, -0.05) is 0 Å². The van der Waals surface area contributed by atoms with Gasteiger partial charge in [-0.3, -0.25) is 4.79 Å². The van der Waals surface area contributed by atoms with E-state index in [4.69, 9.17) is 9.47 Å². The summed E-state index contributed by atoms with van der Waals surface area (Å²) < 4.78 is 14.1. The van der Waals surface area contributed by atoms with Crippen molar-refractivity contribution in [3.63, 3.8) is 0 Å². The highest BCUT2D eigenvalue weighted by Gasteiger charge is 2.23. The van der Waals surface area contributed by atoms with Gasteiger partial charge in [0.2, 0.25) is 5.88 Å². The minimum absolute atomic E-state index is 0.0954. The highest BCUT2D eigenvalue weighted by atomic mass is 16.5. The lowest BCUT2D eigenvalue weighted by Gasteiger charge is -2.25. The molecule has 0 bridgehead atoms. The summed E-state index contributed by atoms with van der Waals surface area (Å²) in [5.41, 5.74) is 1.14. The van der Waals surface area contributed by atoms with E-state index in [1.54, 1.807) is 35.0 Å². The summed E-state index contributed by atoms with van der Waals surface area (Å²) >= 11 is 0. The second-order valence-electron chi connectivity index (χ2n) is 5.85.